The maximum atomic E-state index is 12.0. The molecule has 1 saturated carbocycles. The molecule has 1 aliphatic carbocycles. The van der Waals surface area contributed by atoms with Gasteiger partial charge in [0.1, 0.15) is 0 Å². The van der Waals surface area contributed by atoms with Crippen molar-refractivity contribution >= 4 is 12.0 Å². The number of hydrogen-bond donors (Lipinski definition) is 2. The fourth-order valence-electron chi connectivity index (χ4n) is 2.48. The molecule has 0 aromatic heterocycles. The van der Waals surface area contributed by atoms with Crippen LogP contribution in [0.4, 0.5) is 4.79 Å². The smallest absolute Gasteiger partial charge is 0.317 e. The van der Waals surface area contributed by atoms with Crippen LogP contribution >= 0.6 is 0 Å². The van der Waals surface area contributed by atoms with Crippen molar-refractivity contribution in [3.8, 4) is 0 Å². The minimum Gasteiger partial charge on any atom is -0.481 e. The summed E-state index contributed by atoms with van der Waals surface area (Å²) >= 11 is 0. The van der Waals surface area contributed by atoms with Gasteiger partial charge in [0, 0.05) is 45.9 Å². The summed E-state index contributed by atoms with van der Waals surface area (Å²) in [4.78, 5) is 26.8. The molecule has 0 aromatic rings. The van der Waals surface area contributed by atoms with Crippen molar-refractivity contribution in [1.29, 1.82) is 0 Å². The third kappa shape index (κ3) is 4.35. The molecular formula is C13H23N3O4. The number of carbonyl (C=O) groups excluding carboxylic acids is 1. The van der Waals surface area contributed by atoms with Gasteiger partial charge in [0.2, 0.25) is 0 Å². The fraction of sp³-hybridized carbons (Fsp3) is 0.846. The fourth-order valence-corrected chi connectivity index (χ4v) is 2.48. The Morgan fingerprint density at radius 1 is 1.30 bits per heavy atom. The van der Waals surface area contributed by atoms with E-state index in [2.05, 4.69) is 10.2 Å². The summed E-state index contributed by atoms with van der Waals surface area (Å²) in [6.45, 7) is 3.56. The van der Waals surface area contributed by atoms with Crippen LogP contribution in [0.25, 0.3) is 0 Å². The molecule has 1 aliphatic heterocycles. The summed E-state index contributed by atoms with van der Waals surface area (Å²) < 4.78 is 5.03. The van der Waals surface area contributed by atoms with Crippen molar-refractivity contribution in [1.82, 2.24) is 15.1 Å². The summed E-state index contributed by atoms with van der Waals surface area (Å²) in [5, 5.41) is 11.5. The second-order valence-corrected chi connectivity index (χ2v) is 5.40. The van der Waals surface area contributed by atoms with Crippen molar-refractivity contribution in [2.75, 3.05) is 39.8 Å². The number of aliphatic carboxylic acids is 1. The number of ether oxygens (including phenoxy) is 1. The van der Waals surface area contributed by atoms with Crippen molar-refractivity contribution in [3.05, 3.63) is 0 Å². The van der Waals surface area contributed by atoms with Crippen molar-refractivity contribution in [3.63, 3.8) is 0 Å². The highest BCUT2D eigenvalue weighted by atomic mass is 16.5. The molecule has 1 unspecified atom stereocenters. The average molecular weight is 285 g/mol. The van der Waals surface area contributed by atoms with Gasteiger partial charge < -0.3 is 20.1 Å². The number of urea groups is 1. The Labute approximate surface area is 118 Å². The molecule has 2 aliphatic rings. The molecule has 114 valence electrons. The van der Waals surface area contributed by atoms with E-state index in [1.807, 2.05) is 0 Å². The van der Waals surface area contributed by atoms with Gasteiger partial charge in [-0.15, -0.1) is 0 Å². The zero-order chi connectivity index (χ0) is 14.5. The number of carbonyl (C=O) groups is 2. The van der Waals surface area contributed by atoms with Crippen molar-refractivity contribution in [2.45, 2.75) is 31.4 Å². The van der Waals surface area contributed by atoms with Gasteiger partial charge in [-0.25, -0.2) is 4.79 Å². The number of carboxylic acid groups (broad SMARTS) is 1. The molecule has 1 saturated heterocycles. The third-order valence-corrected chi connectivity index (χ3v) is 3.88. The maximum Gasteiger partial charge on any atom is 0.317 e. The quantitative estimate of drug-likeness (QED) is 0.716. The van der Waals surface area contributed by atoms with Crippen molar-refractivity contribution in [2.24, 2.45) is 0 Å². The third-order valence-electron chi connectivity index (χ3n) is 3.88. The van der Waals surface area contributed by atoms with E-state index in [-0.39, 0.29) is 19.0 Å². The van der Waals surface area contributed by atoms with E-state index in [9.17, 15) is 9.59 Å². The Kier molecular flexibility index (Phi) is 5.19. The zero-order valence-corrected chi connectivity index (χ0v) is 11.9. The molecule has 0 radical (unpaired) electrons. The molecule has 0 spiro atoms. The molecule has 20 heavy (non-hydrogen) atoms. The van der Waals surface area contributed by atoms with E-state index in [0.717, 1.165) is 32.2 Å². The largest absolute Gasteiger partial charge is 0.481 e. The van der Waals surface area contributed by atoms with Crippen LogP contribution in [-0.2, 0) is 9.53 Å². The van der Waals surface area contributed by atoms with Crippen molar-refractivity contribution < 1.29 is 19.4 Å². The average Bonchev–Trinajstić information content (AvgIpc) is 3.27. The molecule has 1 atom stereocenters. The number of amides is 2. The van der Waals surface area contributed by atoms with E-state index in [1.165, 1.54) is 20.0 Å². The highest BCUT2D eigenvalue weighted by molar-refractivity contribution is 5.74. The number of carboxylic acids is 1. The lowest BCUT2D eigenvalue weighted by molar-refractivity contribution is -0.139. The molecule has 1 heterocycles. The summed E-state index contributed by atoms with van der Waals surface area (Å²) in [5.74, 6) is -0.927. The van der Waals surface area contributed by atoms with Crippen LogP contribution in [0.3, 0.4) is 0 Å². The first-order valence-corrected chi connectivity index (χ1v) is 7.11. The predicted octanol–water partition coefficient (Wildman–Crippen LogP) is -0.0343. The van der Waals surface area contributed by atoms with Gasteiger partial charge in [0.25, 0.3) is 0 Å². The number of methoxy groups -OCH3 is 1. The monoisotopic (exact) mass is 285 g/mol. The van der Waals surface area contributed by atoms with Gasteiger partial charge in [-0.1, -0.05) is 0 Å². The van der Waals surface area contributed by atoms with Gasteiger partial charge in [-0.3, -0.25) is 9.69 Å². The lowest BCUT2D eigenvalue weighted by Crippen LogP contribution is -2.53. The van der Waals surface area contributed by atoms with E-state index in [4.69, 9.17) is 9.84 Å². The highest BCUT2D eigenvalue weighted by Crippen LogP contribution is 2.27. The first-order chi connectivity index (χ1) is 9.60. The molecule has 2 rings (SSSR count). The molecule has 7 heteroatoms. The van der Waals surface area contributed by atoms with Gasteiger partial charge in [-0.05, 0) is 12.8 Å². The molecule has 7 nitrogen and oxygen atoms in total. The number of hydrogen-bond acceptors (Lipinski definition) is 4. The lowest BCUT2D eigenvalue weighted by atomic mass is 10.2. The lowest BCUT2D eigenvalue weighted by Gasteiger charge is -2.35. The SMILES string of the molecule is COC(CNC(=O)N1CCN(C2CC2)CC1)CC(=O)O. The minimum atomic E-state index is -0.927. The normalized spacial score (nSPS) is 21.6. The summed E-state index contributed by atoms with van der Waals surface area (Å²) in [6.07, 6.45) is 1.99. The highest BCUT2D eigenvalue weighted by Gasteiger charge is 2.32. The predicted molar refractivity (Wildman–Crippen MR) is 72.6 cm³/mol. The second-order valence-electron chi connectivity index (χ2n) is 5.40. The Hall–Kier alpha value is -1.34. The van der Waals surface area contributed by atoms with Crippen LogP contribution in [-0.4, -0.2) is 78.9 Å². The Morgan fingerprint density at radius 2 is 1.95 bits per heavy atom. The van der Waals surface area contributed by atoms with Crippen LogP contribution < -0.4 is 5.32 Å². The number of rotatable bonds is 6. The first-order valence-electron chi connectivity index (χ1n) is 7.11. The minimum absolute atomic E-state index is 0.105. The van der Waals surface area contributed by atoms with Gasteiger partial charge >= 0.3 is 12.0 Å². The van der Waals surface area contributed by atoms with Crippen LogP contribution in [0.2, 0.25) is 0 Å². The molecule has 0 bridgehead atoms. The molecule has 2 N–H and O–H groups in total. The second kappa shape index (κ2) is 6.90. The van der Waals surface area contributed by atoms with E-state index < -0.39 is 12.1 Å². The van der Waals surface area contributed by atoms with E-state index in [0.29, 0.717) is 0 Å². The first kappa shape index (κ1) is 15.1. The summed E-state index contributed by atoms with van der Waals surface area (Å²) in [6, 6.07) is 0.613. The van der Waals surface area contributed by atoms with Gasteiger partial charge in [0.05, 0.1) is 12.5 Å². The molecule has 0 aromatic carbocycles. The van der Waals surface area contributed by atoms with Gasteiger partial charge in [-0.2, -0.15) is 0 Å². The Bertz CT molecular complexity index is 352. The van der Waals surface area contributed by atoms with Crippen LogP contribution in [0.5, 0.6) is 0 Å². The molecule has 2 amide bonds. The zero-order valence-electron chi connectivity index (χ0n) is 11.9. The molecular weight excluding hydrogens is 262 g/mol. The summed E-state index contributed by atoms with van der Waals surface area (Å²) in [7, 11) is 1.45. The van der Waals surface area contributed by atoms with Crippen LogP contribution in [0.1, 0.15) is 19.3 Å². The standard InChI is InChI=1S/C13H23N3O4/c1-20-11(8-12(17)18)9-14-13(19)16-6-4-15(5-7-16)10-2-3-10/h10-11H,2-9H2,1H3,(H,14,19)(H,17,18). The molecule has 2 fully saturated rings. The number of piperazine rings is 1. The van der Waals surface area contributed by atoms with E-state index in [1.54, 1.807) is 4.90 Å². The topological polar surface area (TPSA) is 82.1 Å². The number of nitrogens with one attached hydrogen (secondary N) is 1. The van der Waals surface area contributed by atoms with Gasteiger partial charge in [0.15, 0.2) is 0 Å². The summed E-state index contributed by atoms with van der Waals surface area (Å²) in [5.41, 5.74) is 0. The number of nitrogens with zero attached hydrogens (tertiary/aromatic N) is 2. The van der Waals surface area contributed by atoms with E-state index >= 15 is 0 Å². The Balaban J connectivity index is 1.67. The Morgan fingerprint density at radius 3 is 2.45 bits per heavy atom. The van der Waals surface area contributed by atoms with Crippen LogP contribution in [0.15, 0.2) is 0 Å². The maximum absolute atomic E-state index is 12.0. The van der Waals surface area contributed by atoms with Crippen LogP contribution in [0, 0.1) is 0 Å².